The molecule has 0 fully saturated rings. The van der Waals surface area contributed by atoms with Crippen LogP contribution in [0.1, 0.15) is 34.6 Å². The zero-order valence-corrected chi connectivity index (χ0v) is 13.2. The van der Waals surface area contributed by atoms with Crippen molar-refractivity contribution in [1.82, 2.24) is 14.9 Å². The standard InChI is InChI=1S/C16H16ClN3O3/c1-9-5-11-10(3-2-4-12(11)17)15(9)19-14(21)7-20-8-18-6-13(20)16(22)23/h2-4,6,8-9,15H,5,7H2,1H3,(H,19,21)(H,22,23)/t9-,15-/m1/s1. The fourth-order valence-corrected chi connectivity index (χ4v) is 3.31. The normalized spacial score (nSPS) is 19.4. The number of rotatable bonds is 4. The van der Waals surface area contributed by atoms with Gasteiger partial charge in [-0.2, -0.15) is 0 Å². The third kappa shape index (κ3) is 2.94. The number of aromatic nitrogens is 2. The Morgan fingerprint density at radius 1 is 1.48 bits per heavy atom. The van der Waals surface area contributed by atoms with Crippen LogP contribution in [0.5, 0.6) is 0 Å². The SMILES string of the molecule is C[C@@H]1Cc2c(Cl)cccc2[C@@H]1NC(=O)Cn1cncc1C(=O)O. The number of nitrogens with one attached hydrogen (secondary N) is 1. The number of benzene rings is 1. The molecule has 7 heteroatoms. The number of halogens is 1. The number of hydrogen-bond acceptors (Lipinski definition) is 3. The third-order valence-corrected chi connectivity index (χ3v) is 4.50. The lowest BCUT2D eigenvalue weighted by Gasteiger charge is -2.19. The van der Waals surface area contributed by atoms with Crippen molar-refractivity contribution in [3.63, 3.8) is 0 Å². The highest BCUT2D eigenvalue weighted by Crippen LogP contribution is 2.39. The quantitative estimate of drug-likeness (QED) is 0.899. The maximum absolute atomic E-state index is 12.3. The van der Waals surface area contributed by atoms with Crippen molar-refractivity contribution >= 4 is 23.5 Å². The zero-order valence-electron chi connectivity index (χ0n) is 12.5. The smallest absolute Gasteiger partial charge is 0.354 e. The molecule has 0 saturated heterocycles. The number of aromatic carboxylic acids is 1. The van der Waals surface area contributed by atoms with Gasteiger partial charge in [-0.1, -0.05) is 30.7 Å². The molecule has 23 heavy (non-hydrogen) atoms. The molecule has 1 aliphatic carbocycles. The summed E-state index contributed by atoms with van der Waals surface area (Å²) in [5, 5.41) is 12.7. The average molecular weight is 334 g/mol. The van der Waals surface area contributed by atoms with E-state index in [4.69, 9.17) is 16.7 Å². The molecular weight excluding hydrogens is 318 g/mol. The fourth-order valence-electron chi connectivity index (χ4n) is 3.05. The molecule has 1 amide bonds. The molecule has 120 valence electrons. The number of amides is 1. The molecular formula is C16H16ClN3O3. The minimum absolute atomic E-state index is 0.0111. The number of hydrogen-bond donors (Lipinski definition) is 2. The van der Waals surface area contributed by atoms with Gasteiger partial charge in [0.05, 0.1) is 18.6 Å². The van der Waals surface area contributed by atoms with Gasteiger partial charge in [-0.25, -0.2) is 9.78 Å². The number of carboxylic acid groups (broad SMARTS) is 1. The van der Waals surface area contributed by atoms with Crippen molar-refractivity contribution in [2.45, 2.75) is 25.9 Å². The van der Waals surface area contributed by atoms with Crippen LogP contribution in [0.15, 0.2) is 30.7 Å². The summed E-state index contributed by atoms with van der Waals surface area (Å²) in [5.41, 5.74) is 2.09. The first-order valence-electron chi connectivity index (χ1n) is 7.27. The van der Waals surface area contributed by atoms with E-state index in [0.29, 0.717) is 5.02 Å². The van der Waals surface area contributed by atoms with Gasteiger partial charge in [-0.3, -0.25) is 4.79 Å². The molecule has 0 spiro atoms. The van der Waals surface area contributed by atoms with Gasteiger partial charge in [0.1, 0.15) is 12.2 Å². The summed E-state index contributed by atoms with van der Waals surface area (Å²) < 4.78 is 1.32. The Morgan fingerprint density at radius 3 is 3.00 bits per heavy atom. The molecule has 0 unspecified atom stereocenters. The van der Waals surface area contributed by atoms with E-state index in [0.717, 1.165) is 17.5 Å². The number of carboxylic acids is 1. The molecule has 1 heterocycles. The molecule has 0 bridgehead atoms. The molecule has 0 radical (unpaired) electrons. The Kier molecular flexibility index (Phi) is 4.09. The number of imidazole rings is 1. The second kappa shape index (κ2) is 6.04. The first kappa shape index (κ1) is 15.6. The lowest BCUT2D eigenvalue weighted by Crippen LogP contribution is -2.33. The molecule has 0 saturated carbocycles. The minimum Gasteiger partial charge on any atom is -0.477 e. The molecule has 2 aromatic rings. The molecule has 1 aromatic heterocycles. The van der Waals surface area contributed by atoms with E-state index in [9.17, 15) is 9.59 Å². The van der Waals surface area contributed by atoms with Crippen molar-refractivity contribution in [1.29, 1.82) is 0 Å². The summed E-state index contributed by atoms with van der Waals surface area (Å²) in [6.45, 7) is 1.97. The van der Waals surface area contributed by atoms with E-state index in [1.54, 1.807) is 0 Å². The van der Waals surface area contributed by atoms with Gasteiger partial charge in [0.25, 0.3) is 0 Å². The highest BCUT2D eigenvalue weighted by atomic mass is 35.5. The van der Waals surface area contributed by atoms with E-state index in [-0.39, 0.29) is 30.1 Å². The molecule has 1 aromatic carbocycles. The maximum atomic E-state index is 12.3. The van der Waals surface area contributed by atoms with Gasteiger partial charge < -0.3 is 15.0 Å². The molecule has 6 nitrogen and oxygen atoms in total. The first-order chi connectivity index (χ1) is 11.0. The van der Waals surface area contributed by atoms with Crippen LogP contribution in [0.4, 0.5) is 0 Å². The monoisotopic (exact) mass is 333 g/mol. The van der Waals surface area contributed by atoms with Gasteiger partial charge in [0, 0.05) is 5.02 Å². The third-order valence-electron chi connectivity index (χ3n) is 4.15. The van der Waals surface area contributed by atoms with Crippen LogP contribution >= 0.6 is 11.6 Å². The zero-order chi connectivity index (χ0) is 16.6. The molecule has 0 aliphatic heterocycles. The largest absolute Gasteiger partial charge is 0.477 e. The summed E-state index contributed by atoms with van der Waals surface area (Å²) in [5.74, 6) is -1.13. The lowest BCUT2D eigenvalue weighted by atomic mass is 10.0. The van der Waals surface area contributed by atoms with Crippen LogP contribution in [0.3, 0.4) is 0 Å². The van der Waals surface area contributed by atoms with E-state index in [1.807, 2.05) is 18.2 Å². The maximum Gasteiger partial charge on any atom is 0.354 e. The van der Waals surface area contributed by atoms with E-state index >= 15 is 0 Å². The van der Waals surface area contributed by atoms with Gasteiger partial charge in [0.2, 0.25) is 5.91 Å². The number of carbonyl (C=O) groups is 2. The number of fused-ring (bicyclic) bond motifs is 1. The predicted molar refractivity (Wildman–Crippen MR) is 84.4 cm³/mol. The van der Waals surface area contributed by atoms with Crippen molar-refractivity contribution in [2.75, 3.05) is 0 Å². The van der Waals surface area contributed by atoms with E-state index < -0.39 is 5.97 Å². The van der Waals surface area contributed by atoms with Crippen LogP contribution in [0.2, 0.25) is 5.02 Å². The van der Waals surface area contributed by atoms with Crippen LogP contribution in [-0.4, -0.2) is 26.5 Å². The molecule has 1 aliphatic rings. The average Bonchev–Trinajstić information content (AvgIpc) is 3.06. The second-order valence-corrected chi connectivity index (χ2v) is 6.15. The first-order valence-corrected chi connectivity index (χ1v) is 7.65. The van der Waals surface area contributed by atoms with Crippen molar-refractivity contribution in [2.24, 2.45) is 5.92 Å². The van der Waals surface area contributed by atoms with Crippen molar-refractivity contribution in [3.8, 4) is 0 Å². The number of carbonyl (C=O) groups excluding carboxylic acids is 1. The number of nitrogens with zero attached hydrogens (tertiary/aromatic N) is 2. The molecule has 2 N–H and O–H groups in total. The van der Waals surface area contributed by atoms with Crippen LogP contribution < -0.4 is 5.32 Å². The van der Waals surface area contributed by atoms with Gasteiger partial charge >= 0.3 is 5.97 Å². The van der Waals surface area contributed by atoms with E-state index in [2.05, 4.69) is 17.2 Å². The van der Waals surface area contributed by atoms with Gasteiger partial charge in [-0.15, -0.1) is 0 Å². The second-order valence-electron chi connectivity index (χ2n) is 5.75. The summed E-state index contributed by atoms with van der Waals surface area (Å²) >= 11 is 6.22. The summed E-state index contributed by atoms with van der Waals surface area (Å²) in [4.78, 5) is 27.1. The fraction of sp³-hybridized carbons (Fsp3) is 0.312. The Balaban J connectivity index is 1.75. The Morgan fingerprint density at radius 2 is 2.26 bits per heavy atom. The highest BCUT2D eigenvalue weighted by molar-refractivity contribution is 6.31. The molecule has 3 rings (SSSR count). The van der Waals surface area contributed by atoms with Gasteiger partial charge in [-0.05, 0) is 29.5 Å². The summed E-state index contributed by atoms with van der Waals surface area (Å²) in [6, 6.07) is 5.57. The van der Waals surface area contributed by atoms with Crippen LogP contribution in [-0.2, 0) is 17.8 Å². The van der Waals surface area contributed by atoms with Crippen LogP contribution in [0.25, 0.3) is 0 Å². The Labute approximate surface area is 138 Å². The minimum atomic E-state index is -1.11. The van der Waals surface area contributed by atoms with Crippen molar-refractivity contribution in [3.05, 3.63) is 52.6 Å². The van der Waals surface area contributed by atoms with E-state index in [1.165, 1.54) is 17.1 Å². The molecule has 2 atom stereocenters. The predicted octanol–water partition coefficient (Wildman–Crippen LogP) is 2.28. The lowest BCUT2D eigenvalue weighted by molar-refractivity contribution is -0.122. The summed E-state index contributed by atoms with van der Waals surface area (Å²) in [6.07, 6.45) is 3.38. The Bertz CT molecular complexity index is 772. The van der Waals surface area contributed by atoms with Crippen LogP contribution in [0, 0.1) is 5.92 Å². The highest BCUT2D eigenvalue weighted by Gasteiger charge is 2.31. The Hall–Kier alpha value is -2.34. The van der Waals surface area contributed by atoms with Crippen molar-refractivity contribution < 1.29 is 14.7 Å². The summed E-state index contributed by atoms with van der Waals surface area (Å²) in [7, 11) is 0. The topological polar surface area (TPSA) is 84.2 Å². The van der Waals surface area contributed by atoms with Gasteiger partial charge in [0.15, 0.2) is 0 Å².